The second kappa shape index (κ2) is 6.79. The van der Waals surface area contributed by atoms with Gasteiger partial charge in [-0.15, -0.1) is 0 Å². The lowest BCUT2D eigenvalue weighted by molar-refractivity contribution is -0.121. The van der Waals surface area contributed by atoms with Crippen LogP contribution in [0.2, 0.25) is 10.0 Å². The molecule has 2 N–H and O–H groups in total. The van der Waals surface area contributed by atoms with Gasteiger partial charge in [-0.1, -0.05) is 36.2 Å². The van der Waals surface area contributed by atoms with Gasteiger partial charge < -0.3 is 10.6 Å². The largest absolute Gasteiger partial charge is 0.355 e. The summed E-state index contributed by atoms with van der Waals surface area (Å²) < 4.78 is 0. The zero-order valence-electron chi connectivity index (χ0n) is 11.6. The van der Waals surface area contributed by atoms with Gasteiger partial charge in [0.15, 0.2) is 0 Å². The molecule has 0 unspecified atom stereocenters. The lowest BCUT2D eigenvalue weighted by Crippen LogP contribution is -2.43. The lowest BCUT2D eigenvalue weighted by atomic mass is 9.81. The van der Waals surface area contributed by atoms with E-state index in [-0.39, 0.29) is 17.7 Å². The number of nitrogens with one attached hydrogen (secondary N) is 2. The summed E-state index contributed by atoms with van der Waals surface area (Å²) >= 11 is 12.2. The van der Waals surface area contributed by atoms with Crippen LogP contribution in [-0.2, 0) is 11.2 Å². The number of amides is 1. The van der Waals surface area contributed by atoms with E-state index in [2.05, 4.69) is 17.6 Å². The highest BCUT2D eigenvalue weighted by atomic mass is 35.5. The summed E-state index contributed by atoms with van der Waals surface area (Å²) in [7, 11) is 0. The first-order valence-electron chi connectivity index (χ1n) is 6.90. The molecule has 5 heteroatoms. The number of piperidine rings is 1. The Bertz CT molecular complexity index is 465. The minimum absolute atomic E-state index is 0.0280. The Morgan fingerprint density at radius 3 is 2.50 bits per heavy atom. The molecule has 0 spiro atoms. The number of benzene rings is 1. The average Bonchev–Trinajstić information content (AvgIpc) is 2.42. The fraction of sp³-hybridized carbons (Fsp3) is 0.533. The van der Waals surface area contributed by atoms with Crippen LogP contribution in [0.3, 0.4) is 0 Å². The third-order valence-corrected chi connectivity index (χ3v) is 4.63. The minimum atomic E-state index is -0.0280. The molecule has 0 bridgehead atoms. The van der Waals surface area contributed by atoms with Gasteiger partial charge in [0.05, 0.1) is 6.42 Å². The first-order valence-corrected chi connectivity index (χ1v) is 7.66. The van der Waals surface area contributed by atoms with Gasteiger partial charge in [0.25, 0.3) is 0 Å². The zero-order chi connectivity index (χ0) is 14.6. The molecule has 110 valence electrons. The van der Waals surface area contributed by atoms with Crippen molar-refractivity contribution in [3.63, 3.8) is 0 Å². The molecule has 0 saturated carbocycles. The minimum Gasteiger partial charge on any atom is -0.355 e. The van der Waals surface area contributed by atoms with E-state index in [0.29, 0.717) is 22.2 Å². The van der Waals surface area contributed by atoms with Gasteiger partial charge in [0.2, 0.25) is 5.91 Å². The molecule has 0 atom stereocenters. The van der Waals surface area contributed by atoms with Gasteiger partial charge in [-0.3, -0.25) is 4.79 Å². The summed E-state index contributed by atoms with van der Waals surface area (Å²) in [5.41, 5.74) is 0.884. The van der Waals surface area contributed by atoms with Gasteiger partial charge >= 0.3 is 0 Å². The fourth-order valence-electron chi connectivity index (χ4n) is 2.44. The summed E-state index contributed by atoms with van der Waals surface area (Å²) in [4.78, 5) is 12.1. The molecule has 1 saturated heterocycles. The van der Waals surface area contributed by atoms with E-state index in [1.165, 1.54) is 0 Å². The van der Waals surface area contributed by atoms with Crippen molar-refractivity contribution in [2.75, 3.05) is 19.6 Å². The Labute approximate surface area is 130 Å². The summed E-state index contributed by atoms with van der Waals surface area (Å²) in [6, 6.07) is 5.29. The number of rotatable bonds is 4. The van der Waals surface area contributed by atoms with E-state index in [0.717, 1.165) is 25.9 Å². The van der Waals surface area contributed by atoms with E-state index in [1.807, 2.05) is 0 Å². The lowest BCUT2D eigenvalue weighted by Gasteiger charge is -2.34. The van der Waals surface area contributed by atoms with Crippen LogP contribution in [0.25, 0.3) is 0 Å². The van der Waals surface area contributed by atoms with Gasteiger partial charge in [0.1, 0.15) is 0 Å². The highest BCUT2D eigenvalue weighted by Crippen LogP contribution is 2.27. The molecule has 2 rings (SSSR count). The third kappa shape index (κ3) is 4.11. The summed E-state index contributed by atoms with van der Waals surface area (Å²) in [6.45, 7) is 4.96. The van der Waals surface area contributed by atoms with Gasteiger partial charge in [-0.2, -0.15) is 0 Å². The number of halogens is 2. The van der Waals surface area contributed by atoms with Crippen LogP contribution in [0.1, 0.15) is 25.3 Å². The Morgan fingerprint density at radius 1 is 1.30 bits per heavy atom. The molecule has 1 aliphatic rings. The number of carbonyl (C=O) groups is 1. The van der Waals surface area contributed by atoms with Gasteiger partial charge in [0, 0.05) is 16.6 Å². The Kier molecular flexibility index (Phi) is 5.30. The maximum atomic E-state index is 12.1. The van der Waals surface area contributed by atoms with Crippen molar-refractivity contribution in [1.29, 1.82) is 0 Å². The molecular formula is C15H20Cl2N2O. The standard InChI is InChI=1S/C15H20Cl2N2O/c1-15(5-7-18-8-6-15)10-19-14(20)9-11-12(16)3-2-4-13(11)17/h2-4,18H,5-10H2,1H3,(H,19,20). The van der Waals surface area contributed by atoms with Gasteiger partial charge in [-0.05, 0) is 49.0 Å². The van der Waals surface area contributed by atoms with Crippen molar-refractivity contribution in [2.45, 2.75) is 26.2 Å². The van der Waals surface area contributed by atoms with Crippen molar-refractivity contribution < 1.29 is 4.79 Å². The molecule has 1 amide bonds. The van der Waals surface area contributed by atoms with Crippen LogP contribution in [0.15, 0.2) is 18.2 Å². The second-order valence-corrected chi connectivity index (χ2v) is 6.53. The smallest absolute Gasteiger partial charge is 0.224 e. The molecule has 0 aromatic heterocycles. The molecule has 1 fully saturated rings. The van der Waals surface area contributed by atoms with E-state index in [9.17, 15) is 4.79 Å². The summed E-state index contributed by atoms with van der Waals surface area (Å²) in [5, 5.41) is 7.43. The maximum Gasteiger partial charge on any atom is 0.224 e. The Morgan fingerprint density at radius 2 is 1.90 bits per heavy atom. The van der Waals surface area contributed by atoms with Crippen molar-refractivity contribution in [2.24, 2.45) is 5.41 Å². The molecule has 3 nitrogen and oxygen atoms in total. The molecule has 1 aliphatic heterocycles. The molecule has 1 heterocycles. The van der Waals surface area contributed by atoms with Crippen LogP contribution in [0.4, 0.5) is 0 Å². The second-order valence-electron chi connectivity index (χ2n) is 5.71. The van der Waals surface area contributed by atoms with E-state index >= 15 is 0 Å². The van der Waals surface area contributed by atoms with E-state index < -0.39 is 0 Å². The molecule has 20 heavy (non-hydrogen) atoms. The van der Waals surface area contributed by atoms with Crippen LogP contribution in [-0.4, -0.2) is 25.5 Å². The third-order valence-electron chi connectivity index (χ3n) is 3.92. The maximum absolute atomic E-state index is 12.1. The Hall–Kier alpha value is -0.770. The molecule has 0 radical (unpaired) electrons. The number of hydrogen-bond acceptors (Lipinski definition) is 2. The fourth-order valence-corrected chi connectivity index (χ4v) is 2.97. The number of hydrogen-bond donors (Lipinski definition) is 2. The quantitative estimate of drug-likeness (QED) is 0.897. The predicted molar refractivity (Wildman–Crippen MR) is 83.4 cm³/mol. The predicted octanol–water partition coefficient (Wildman–Crippen LogP) is 3.04. The van der Waals surface area contributed by atoms with Crippen molar-refractivity contribution in [3.8, 4) is 0 Å². The molecule has 1 aromatic rings. The van der Waals surface area contributed by atoms with Crippen molar-refractivity contribution >= 4 is 29.1 Å². The molecule has 0 aliphatic carbocycles. The molecular weight excluding hydrogens is 295 g/mol. The number of carbonyl (C=O) groups excluding carboxylic acids is 1. The first-order chi connectivity index (χ1) is 9.50. The monoisotopic (exact) mass is 314 g/mol. The van der Waals surface area contributed by atoms with Crippen molar-refractivity contribution in [1.82, 2.24) is 10.6 Å². The van der Waals surface area contributed by atoms with Crippen molar-refractivity contribution in [3.05, 3.63) is 33.8 Å². The summed E-state index contributed by atoms with van der Waals surface area (Å²) in [6.07, 6.45) is 2.40. The highest BCUT2D eigenvalue weighted by molar-refractivity contribution is 6.36. The van der Waals surface area contributed by atoms with Gasteiger partial charge in [-0.25, -0.2) is 0 Å². The Balaban J connectivity index is 1.89. The van der Waals surface area contributed by atoms with Crippen LogP contribution >= 0.6 is 23.2 Å². The van der Waals surface area contributed by atoms with E-state index in [1.54, 1.807) is 18.2 Å². The molecule has 1 aromatic carbocycles. The zero-order valence-corrected chi connectivity index (χ0v) is 13.2. The SMILES string of the molecule is CC1(CNC(=O)Cc2c(Cl)cccc2Cl)CCNCC1. The normalized spacial score (nSPS) is 17.8. The average molecular weight is 315 g/mol. The van der Waals surface area contributed by atoms with E-state index in [4.69, 9.17) is 23.2 Å². The van der Waals surface area contributed by atoms with Crippen LogP contribution in [0.5, 0.6) is 0 Å². The van der Waals surface area contributed by atoms with Crippen LogP contribution < -0.4 is 10.6 Å². The highest BCUT2D eigenvalue weighted by Gasteiger charge is 2.27. The van der Waals surface area contributed by atoms with Crippen LogP contribution in [0, 0.1) is 5.41 Å². The topological polar surface area (TPSA) is 41.1 Å². The first kappa shape index (κ1) is 15.6. The summed E-state index contributed by atoms with van der Waals surface area (Å²) in [5.74, 6) is -0.0280.